The van der Waals surface area contributed by atoms with Crippen LogP contribution in [0.2, 0.25) is 5.02 Å². The number of nitrogens with one attached hydrogen (secondary N) is 1. The number of piperidine rings is 1. The van der Waals surface area contributed by atoms with Crippen molar-refractivity contribution in [3.63, 3.8) is 0 Å². The summed E-state index contributed by atoms with van der Waals surface area (Å²) in [6.07, 6.45) is 3.13. The van der Waals surface area contributed by atoms with E-state index in [1.807, 2.05) is 46.9 Å². The van der Waals surface area contributed by atoms with Crippen LogP contribution in [0.15, 0.2) is 18.2 Å². The number of rotatable bonds is 8. The van der Waals surface area contributed by atoms with Crippen molar-refractivity contribution in [2.45, 2.75) is 53.1 Å². The largest absolute Gasteiger partial charge is 0.371 e. The van der Waals surface area contributed by atoms with Crippen LogP contribution in [0, 0.1) is 27.7 Å². The molecular weight excluding hydrogens is 484 g/mol. The monoisotopic (exact) mass is 520 g/mol. The summed E-state index contributed by atoms with van der Waals surface area (Å²) in [7, 11) is -0.914. The van der Waals surface area contributed by atoms with Gasteiger partial charge >= 0.3 is 0 Å². The Morgan fingerprint density at radius 3 is 2.43 bits per heavy atom. The lowest BCUT2D eigenvalue weighted by Crippen LogP contribution is -2.45. The number of aromatic nitrogens is 1. The molecule has 0 radical (unpaired) electrons. The van der Waals surface area contributed by atoms with Crippen LogP contribution in [-0.4, -0.2) is 68.9 Å². The topological polar surface area (TPSA) is 82.6 Å². The highest BCUT2D eigenvalue weighted by molar-refractivity contribution is 7.90. The Balaban J connectivity index is 1.70. The van der Waals surface area contributed by atoms with Gasteiger partial charge in [-0.2, -0.15) is 0 Å². The third-order valence-electron chi connectivity index (χ3n) is 6.96. The van der Waals surface area contributed by atoms with Gasteiger partial charge in [-0.25, -0.2) is 8.42 Å². The average molecular weight is 521 g/mol. The number of nitrogens with zero attached hydrogens (tertiary/aromatic N) is 3. The standard InChI is InChI=1S/C26H37ClN4O3S/c1-17-13-18(2)29-20(4)24(17)16-28-26(32)23-14-21(27)15-25(19(23)3)30(5)22-7-9-31(10-8-22)11-12-35(6,33)34/h13-15,22H,7-12,16H2,1-6H3,(H,28,32). The number of benzene rings is 1. The number of amides is 1. The summed E-state index contributed by atoms with van der Waals surface area (Å²) in [5, 5.41) is 3.58. The molecule has 0 atom stereocenters. The van der Waals surface area contributed by atoms with Crippen LogP contribution >= 0.6 is 11.6 Å². The van der Waals surface area contributed by atoms with E-state index >= 15 is 0 Å². The minimum Gasteiger partial charge on any atom is -0.371 e. The number of hydrogen-bond acceptors (Lipinski definition) is 6. The highest BCUT2D eigenvalue weighted by Crippen LogP contribution is 2.31. The first-order valence-electron chi connectivity index (χ1n) is 12.0. The molecule has 1 aromatic carbocycles. The lowest BCUT2D eigenvalue weighted by Gasteiger charge is -2.38. The fourth-order valence-corrected chi connectivity index (χ4v) is 5.67. The normalized spacial score (nSPS) is 15.3. The van der Waals surface area contributed by atoms with Crippen LogP contribution in [0.3, 0.4) is 0 Å². The first kappa shape index (κ1) is 27.4. The molecule has 35 heavy (non-hydrogen) atoms. The number of aryl methyl sites for hydroxylation is 3. The van der Waals surface area contributed by atoms with Crippen LogP contribution in [0.4, 0.5) is 5.69 Å². The second-order valence-corrected chi connectivity index (χ2v) is 12.4. The Morgan fingerprint density at radius 1 is 1.17 bits per heavy atom. The first-order chi connectivity index (χ1) is 16.4. The summed E-state index contributed by atoms with van der Waals surface area (Å²) in [6.45, 7) is 10.6. The van der Waals surface area contributed by atoms with Gasteiger partial charge in [0, 0.05) is 73.2 Å². The number of sulfone groups is 1. The summed E-state index contributed by atoms with van der Waals surface area (Å²) in [5.41, 5.74) is 6.44. The summed E-state index contributed by atoms with van der Waals surface area (Å²) in [5.74, 6) is 0.0338. The van der Waals surface area contributed by atoms with E-state index in [-0.39, 0.29) is 11.7 Å². The van der Waals surface area contributed by atoms with Crippen LogP contribution in [-0.2, 0) is 16.4 Å². The molecule has 1 amide bonds. The number of anilines is 1. The Morgan fingerprint density at radius 2 is 1.83 bits per heavy atom. The zero-order valence-corrected chi connectivity index (χ0v) is 23.2. The third kappa shape index (κ3) is 7.18. The molecule has 2 aromatic rings. The number of carbonyl (C=O) groups excluding carboxylic acids is 1. The fraction of sp³-hybridized carbons (Fsp3) is 0.538. The third-order valence-corrected chi connectivity index (χ3v) is 8.10. The lowest BCUT2D eigenvalue weighted by molar-refractivity contribution is 0.0950. The zero-order chi connectivity index (χ0) is 25.9. The Kier molecular flexibility index (Phi) is 8.83. The van der Waals surface area contributed by atoms with E-state index in [0.29, 0.717) is 29.7 Å². The minimum absolute atomic E-state index is 0.158. The molecule has 0 bridgehead atoms. The number of hydrogen-bond donors (Lipinski definition) is 1. The van der Waals surface area contributed by atoms with Gasteiger partial charge in [0.15, 0.2) is 0 Å². The molecule has 0 unspecified atom stereocenters. The molecule has 1 aromatic heterocycles. The molecular formula is C26H37ClN4O3S. The van der Waals surface area contributed by atoms with Gasteiger partial charge in [0.05, 0.1) is 5.75 Å². The van der Waals surface area contributed by atoms with Gasteiger partial charge < -0.3 is 15.1 Å². The van der Waals surface area contributed by atoms with Crippen LogP contribution < -0.4 is 10.2 Å². The predicted octanol–water partition coefficient (Wildman–Crippen LogP) is 3.84. The maximum absolute atomic E-state index is 13.2. The summed E-state index contributed by atoms with van der Waals surface area (Å²) < 4.78 is 23.0. The van der Waals surface area contributed by atoms with Crippen molar-refractivity contribution >= 4 is 33.0 Å². The molecule has 1 aliphatic heterocycles. The fourth-order valence-electron chi connectivity index (χ4n) is 4.87. The van der Waals surface area contributed by atoms with E-state index in [2.05, 4.69) is 20.1 Å². The molecule has 1 saturated heterocycles. The molecule has 1 N–H and O–H groups in total. The molecule has 192 valence electrons. The summed E-state index contributed by atoms with van der Waals surface area (Å²) in [6, 6.07) is 5.96. The van der Waals surface area contributed by atoms with Crippen LogP contribution in [0.1, 0.15) is 51.3 Å². The van der Waals surface area contributed by atoms with Crippen molar-refractivity contribution in [3.05, 3.63) is 56.9 Å². The molecule has 3 rings (SSSR count). The van der Waals surface area contributed by atoms with Crippen molar-refractivity contribution in [2.75, 3.05) is 43.6 Å². The van der Waals surface area contributed by atoms with Crippen molar-refractivity contribution in [1.29, 1.82) is 0 Å². The van der Waals surface area contributed by atoms with Gasteiger partial charge in [-0.1, -0.05) is 11.6 Å². The minimum atomic E-state index is -2.96. The van der Waals surface area contributed by atoms with Gasteiger partial charge in [0.2, 0.25) is 0 Å². The molecule has 0 saturated carbocycles. The van der Waals surface area contributed by atoms with E-state index in [1.54, 1.807) is 6.07 Å². The number of carbonyl (C=O) groups is 1. The molecule has 1 fully saturated rings. The Bertz CT molecular complexity index is 1170. The lowest BCUT2D eigenvalue weighted by atomic mass is 9.99. The predicted molar refractivity (Wildman–Crippen MR) is 143 cm³/mol. The quantitative estimate of drug-likeness (QED) is 0.569. The molecule has 1 aliphatic rings. The highest BCUT2D eigenvalue weighted by atomic mass is 35.5. The average Bonchev–Trinajstić information content (AvgIpc) is 2.77. The first-order valence-corrected chi connectivity index (χ1v) is 14.4. The van der Waals surface area contributed by atoms with E-state index in [1.165, 1.54) is 6.26 Å². The van der Waals surface area contributed by atoms with Crippen molar-refractivity contribution in [3.8, 4) is 0 Å². The highest BCUT2D eigenvalue weighted by Gasteiger charge is 2.25. The maximum Gasteiger partial charge on any atom is 0.251 e. The zero-order valence-electron chi connectivity index (χ0n) is 21.6. The SMILES string of the molecule is Cc1cc(C)c(CNC(=O)c2cc(Cl)cc(N(C)C3CCN(CCS(C)(=O)=O)CC3)c2C)c(C)n1. The van der Waals surface area contributed by atoms with E-state index < -0.39 is 9.84 Å². The van der Waals surface area contributed by atoms with Gasteiger partial charge in [-0.15, -0.1) is 0 Å². The molecule has 0 spiro atoms. The van der Waals surface area contributed by atoms with Gasteiger partial charge in [0.25, 0.3) is 5.91 Å². The van der Waals surface area contributed by atoms with Crippen LogP contribution in [0.25, 0.3) is 0 Å². The number of likely N-dealkylation sites (tertiary alicyclic amines) is 1. The molecule has 0 aliphatic carbocycles. The Labute approximate surface area is 214 Å². The second kappa shape index (κ2) is 11.3. The molecule has 2 heterocycles. The maximum atomic E-state index is 13.2. The van der Waals surface area contributed by atoms with Crippen LogP contribution in [0.5, 0.6) is 0 Å². The van der Waals surface area contributed by atoms with Crippen molar-refractivity contribution in [1.82, 2.24) is 15.2 Å². The van der Waals surface area contributed by atoms with E-state index in [4.69, 9.17) is 11.6 Å². The molecule has 7 nitrogen and oxygen atoms in total. The van der Waals surface area contributed by atoms with Crippen molar-refractivity contribution in [2.24, 2.45) is 0 Å². The summed E-state index contributed by atoms with van der Waals surface area (Å²) in [4.78, 5) is 22.1. The van der Waals surface area contributed by atoms with E-state index in [9.17, 15) is 13.2 Å². The second-order valence-electron chi connectivity index (χ2n) is 9.74. The van der Waals surface area contributed by atoms with E-state index in [0.717, 1.165) is 59.7 Å². The smallest absolute Gasteiger partial charge is 0.251 e. The molecule has 9 heteroatoms. The Hall–Kier alpha value is -2.16. The van der Waals surface area contributed by atoms with Gasteiger partial charge in [-0.05, 0) is 75.4 Å². The number of halogens is 1. The summed E-state index contributed by atoms with van der Waals surface area (Å²) >= 11 is 6.46. The van der Waals surface area contributed by atoms with Gasteiger partial charge in [0.1, 0.15) is 9.84 Å². The van der Waals surface area contributed by atoms with Crippen molar-refractivity contribution < 1.29 is 13.2 Å². The number of pyridine rings is 1. The van der Waals surface area contributed by atoms with Gasteiger partial charge in [-0.3, -0.25) is 9.78 Å².